The molecule has 0 aliphatic heterocycles. The second-order valence-corrected chi connectivity index (χ2v) is 4.57. The molecular formula is C14H22N2O. The first-order valence-corrected chi connectivity index (χ1v) is 6.52. The lowest BCUT2D eigenvalue weighted by Gasteiger charge is -2.21. The molecule has 94 valence electrons. The van der Waals surface area contributed by atoms with Crippen LogP contribution in [0.15, 0.2) is 30.3 Å². The zero-order valence-electron chi connectivity index (χ0n) is 10.3. The van der Waals surface area contributed by atoms with E-state index >= 15 is 0 Å². The van der Waals surface area contributed by atoms with Crippen molar-refractivity contribution in [3.63, 3.8) is 0 Å². The fourth-order valence-electron chi connectivity index (χ4n) is 2.01. The van der Waals surface area contributed by atoms with Gasteiger partial charge in [0.2, 0.25) is 0 Å². The van der Waals surface area contributed by atoms with Gasteiger partial charge >= 0.3 is 0 Å². The van der Waals surface area contributed by atoms with Crippen LogP contribution in [0, 0.1) is 0 Å². The maximum absolute atomic E-state index is 5.72. The largest absolute Gasteiger partial charge is 0.492 e. The molecule has 0 spiro atoms. The first-order valence-electron chi connectivity index (χ1n) is 6.52. The summed E-state index contributed by atoms with van der Waals surface area (Å²) in [6.07, 6.45) is 3.77. The lowest BCUT2D eigenvalue weighted by molar-refractivity contribution is 0.200. The van der Waals surface area contributed by atoms with Crippen LogP contribution in [-0.2, 0) is 0 Å². The third-order valence-corrected chi connectivity index (χ3v) is 3.10. The van der Waals surface area contributed by atoms with Gasteiger partial charge in [-0.2, -0.15) is 0 Å². The van der Waals surface area contributed by atoms with Crippen molar-refractivity contribution >= 4 is 0 Å². The van der Waals surface area contributed by atoms with Gasteiger partial charge in [0.15, 0.2) is 0 Å². The van der Waals surface area contributed by atoms with Gasteiger partial charge in [-0.25, -0.2) is 0 Å². The fraction of sp³-hybridized carbons (Fsp3) is 0.571. The Morgan fingerprint density at radius 3 is 2.59 bits per heavy atom. The van der Waals surface area contributed by atoms with E-state index in [4.69, 9.17) is 10.5 Å². The lowest BCUT2D eigenvalue weighted by Crippen LogP contribution is -2.32. The predicted octanol–water partition coefficient (Wildman–Crippen LogP) is 1.88. The Bertz CT molecular complexity index is 311. The normalized spacial score (nSPS) is 15.2. The molecule has 3 heteroatoms. The number of hydrogen-bond acceptors (Lipinski definition) is 3. The van der Waals surface area contributed by atoms with Crippen LogP contribution in [0.4, 0.5) is 0 Å². The number of ether oxygens (including phenoxy) is 1. The first-order chi connectivity index (χ1) is 8.40. The molecule has 1 aromatic rings. The Balaban J connectivity index is 1.68. The van der Waals surface area contributed by atoms with Gasteiger partial charge in [-0.3, -0.25) is 4.90 Å². The monoisotopic (exact) mass is 234 g/mol. The van der Waals surface area contributed by atoms with Crippen molar-refractivity contribution in [2.24, 2.45) is 5.73 Å². The molecule has 2 N–H and O–H groups in total. The molecule has 0 amide bonds. The minimum atomic E-state index is 0.769. The van der Waals surface area contributed by atoms with E-state index in [1.165, 1.54) is 12.8 Å². The fourth-order valence-corrected chi connectivity index (χ4v) is 2.01. The molecule has 0 heterocycles. The molecule has 17 heavy (non-hydrogen) atoms. The van der Waals surface area contributed by atoms with Crippen LogP contribution >= 0.6 is 0 Å². The van der Waals surface area contributed by atoms with Gasteiger partial charge < -0.3 is 10.5 Å². The molecule has 1 aliphatic carbocycles. The molecule has 2 rings (SSSR count). The number of para-hydroxylation sites is 1. The molecule has 1 aromatic carbocycles. The molecule has 0 unspecified atom stereocenters. The highest BCUT2D eigenvalue weighted by atomic mass is 16.5. The quantitative estimate of drug-likeness (QED) is 0.746. The van der Waals surface area contributed by atoms with Gasteiger partial charge in [0.1, 0.15) is 12.4 Å². The number of benzene rings is 1. The molecule has 0 aromatic heterocycles. The minimum absolute atomic E-state index is 0.769. The zero-order valence-corrected chi connectivity index (χ0v) is 10.3. The summed E-state index contributed by atoms with van der Waals surface area (Å²) in [5, 5.41) is 0. The van der Waals surface area contributed by atoms with Gasteiger partial charge in [0.05, 0.1) is 0 Å². The highest BCUT2D eigenvalue weighted by Gasteiger charge is 2.27. The van der Waals surface area contributed by atoms with E-state index in [1.54, 1.807) is 0 Å². The van der Waals surface area contributed by atoms with E-state index in [0.29, 0.717) is 0 Å². The second kappa shape index (κ2) is 6.62. The van der Waals surface area contributed by atoms with Gasteiger partial charge in [-0.1, -0.05) is 18.2 Å². The zero-order chi connectivity index (χ0) is 11.9. The van der Waals surface area contributed by atoms with Gasteiger partial charge in [0, 0.05) is 12.6 Å². The van der Waals surface area contributed by atoms with E-state index in [9.17, 15) is 0 Å². The predicted molar refractivity (Wildman–Crippen MR) is 70.2 cm³/mol. The van der Waals surface area contributed by atoms with Gasteiger partial charge in [0.25, 0.3) is 0 Å². The van der Waals surface area contributed by atoms with E-state index in [2.05, 4.69) is 4.90 Å². The van der Waals surface area contributed by atoms with Crippen LogP contribution < -0.4 is 10.5 Å². The topological polar surface area (TPSA) is 38.5 Å². The first kappa shape index (κ1) is 12.4. The summed E-state index contributed by atoms with van der Waals surface area (Å²) in [5.41, 5.74) is 5.56. The Morgan fingerprint density at radius 2 is 1.94 bits per heavy atom. The molecule has 3 nitrogen and oxygen atoms in total. The summed E-state index contributed by atoms with van der Waals surface area (Å²) in [5.74, 6) is 0.960. The van der Waals surface area contributed by atoms with Crippen LogP contribution in [0.5, 0.6) is 5.75 Å². The van der Waals surface area contributed by atoms with E-state index in [0.717, 1.165) is 44.5 Å². The molecule has 1 saturated carbocycles. The SMILES string of the molecule is NCCCN(CCOc1ccccc1)C1CC1. The Labute approximate surface area is 104 Å². The van der Waals surface area contributed by atoms with Crippen molar-refractivity contribution in [1.29, 1.82) is 0 Å². The van der Waals surface area contributed by atoms with Crippen LogP contribution in [0.25, 0.3) is 0 Å². The van der Waals surface area contributed by atoms with Crippen molar-refractivity contribution in [1.82, 2.24) is 4.90 Å². The smallest absolute Gasteiger partial charge is 0.119 e. The Morgan fingerprint density at radius 1 is 1.18 bits per heavy atom. The van der Waals surface area contributed by atoms with Crippen molar-refractivity contribution in [3.05, 3.63) is 30.3 Å². The highest BCUT2D eigenvalue weighted by molar-refractivity contribution is 5.20. The number of nitrogens with two attached hydrogens (primary N) is 1. The van der Waals surface area contributed by atoms with E-state index in [-0.39, 0.29) is 0 Å². The maximum Gasteiger partial charge on any atom is 0.119 e. The third kappa shape index (κ3) is 4.36. The lowest BCUT2D eigenvalue weighted by atomic mass is 10.3. The second-order valence-electron chi connectivity index (χ2n) is 4.57. The van der Waals surface area contributed by atoms with E-state index in [1.807, 2.05) is 30.3 Å². The summed E-state index contributed by atoms with van der Waals surface area (Å²) in [6.45, 7) is 3.67. The molecule has 0 radical (unpaired) electrons. The molecule has 1 fully saturated rings. The van der Waals surface area contributed by atoms with Crippen LogP contribution in [0.1, 0.15) is 19.3 Å². The Kier molecular flexibility index (Phi) is 4.83. The summed E-state index contributed by atoms with van der Waals surface area (Å²) in [4.78, 5) is 2.51. The van der Waals surface area contributed by atoms with Crippen molar-refractivity contribution in [2.75, 3.05) is 26.2 Å². The van der Waals surface area contributed by atoms with Crippen molar-refractivity contribution in [3.8, 4) is 5.75 Å². The van der Waals surface area contributed by atoms with Crippen LogP contribution in [-0.4, -0.2) is 37.2 Å². The molecule has 0 atom stereocenters. The van der Waals surface area contributed by atoms with E-state index < -0.39 is 0 Å². The maximum atomic E-state index is 5.72. The minimum Gasteiger partial charge on any atom is -0.492 e. The van der Waals surface area contributed by atoms with Crippen molar-refractivity contribution < 1.29 is 4.74 Å². The standard InChI is InChI=1S/C14H22N2O/c15-9-4-10-16(13-7-8-13)11-12-17-14-5-2-1-3-6-14/h1-3,5-6,13H,4,7-12,15H2. The van der Waals surface area contributed by atoms with Gasteiger partial charge in [-0.15, -0.1) is 0 Å². The summed E-state index contributed by atoms with van der Waals surface area (Å²) >= 11 is 0. The average molecular weight is 234 g/mol. The number of nitrogens with zero attached hydrogens (tertiary/aromatic N) is 1. The third-order valence-electron chi connectivity index (χ3n) is 3.10. The van der Waals surface area contributed by atoms with Gasteiger partial charge in [-0.05, 0) is 44.5 Å². The number of rotatable bonds is 8. The molecular weight excluding hydrogens is 212 g/mol. The van der Waals surface area contributed by atoms with Crippen LogP contribution in [0.3, 0.4) is 0 Å². The molecule has 0 bridgehead atoms. The summed E-state index contributed by atoms with van der Waals surface area (Å²) < 4.78 is 5.72. The molecule has 1 aliphatic rings. The average Bonchev–Trinajstić information content (AvgIpc) is 3.19. The Hall–Kier alpha value is -1.06. The number of hydrogen-bond donors (Lipinski definition) is 1. The van der Waals surface area contributed by atoms with Crippen LogP contribution in [0.2, 0.25) is 0 Å². The molecule has 0 saturated heterocycles. The summed E-state index contributed by atoms with van der Waals surface area (Å²) in [6, 6.07) is 10.8. The summed E-state index contributed by atoms with van der Waals surface area (Å²) in [7, 11) is 0. The highest BCUT2D eigenvalue weighted by Crippen LogP contribution is 2.26. The van der Waals surface area contributed by atoms with Crippen molar-refractivity contribution in [2.45, 2.75) is 25.3 Å².